The highest BCUT2D eigenvalue weighted by Crippen LogP contribution is 2.17. The van der Waals surface area contributed by atoms with Crippen LogP contribution in [-0.4, -0.2) is 17.9 Å². The minimum Gasteiger partial charge on any atom is -0.368 e. The first-order valence-corrected chi connectivity index (χ1v) is 7.67. The summed E-state index contributed by atoms with van der Waals surface area (Å²) in [5, 5.41) is 3.01. The van der Waals surface area contributed by atoms with Crippen LogP contribution in [0.25, 0.3) is 0 Å². The number of rotatable bonds is 5. The van der Waals surface area contributed by atoms with Crippen molar-refractivity contribution in [3.05, 3.63) is 69.7 Å². The maximum absolute atomic E-state index is 12.3. The Balaban J connectivity index is 2.22. The van der Waals surface area contributed by atoms with Gasteiger partial charge in [-0.3, -0.25) is 9.59 Å². The average molecular weight is 331 g/mol. The molecule has 2 amide bonds. The number of primary amides is 1. The summed E-state index contributed by atoms with van der Waals surface area (Å²) >= 11 is 6.02. The van der Waals surface area contributed by atoms with Crippen molar-refractivity contribution in [1.29, 1.82) is 0 Å². The summed E-state index contributed by atoms with van der Waals surface area (Å²) in [6, 6.07) is 11.8. The predicted octanol–water partition coefficient (Wildman–Crippen LogP) is 2.78. The fourth-order valence-electron chi connectivity index (χ4n) is 2.48. The molecule has 0 aliphatic heterocycles. The fraction of sp³-hybridized carbons (Fsp3) is 0.222. The van der Waals surface area contributed by atoms with Gasteiger partial charge in [0.25, 0.3) is 5.91 Å². The fourth-order valence-corrected chi connectivity index (χ4v) is 2.70. The van der Waals surface area contributed by atoms with E-state index in [1.165, 1.54) is 0 Å². The van der Waals surface area contributed by atoms with E-state index < -0.39 is 17.9 Å². The van der Waals surface area contributed by atoms with Gasteiger partial charge in [0, 0.05) is 6.42 Å². The van der Waals surface area contributed by atoms with E-state index in [9.17, 15) is 9.59 Å². The summed E-state index contributed by atoms with van der Waals surface area (Å²) in [6.07, 6.45) is 0.351. The van der Waals surface area contributed by atoms with E-state index in [4.69, 9.17) is 17.3 Å². The first kappa shape index (κ1) is 17.0. The second-order valence-electron chi connectivity index (χ2n) is 5.48. The molecule has 5 heteroatoms. The van der Waals surface area contributed by atoms with E-state index in [1.807, 2.05) is 32.0 Å². The lowest BCUT2D eigenvalue weighted by Crippen LogP contribution is -2.46. The van der Waals surface area contributed by atoms with Crippen molar-refractivity contribution < 1.29 is 9.59 Å². The van der Waals surface area contributed by atoms with Gasteiger partial charge in [-0.2, -0.15) is 0 Å². The Bertz CT molecular complexity index is 723. The zero-order valence-electron chi connectivity index (χ0n) is 13.1. The van der Waals surface area contributed by atoms with Crippen LogP contribution in [-0.2, 0) is 11.2 Å². The summed E-state index contributed by atoms with van der Waals surface area (Å²) in [4.78, 5) is 24.1. The monoisotopic (exact) mass is 330 g/mol. The molecular weight excluding hydrogens is 312 g/mol. The molecule has 2 aromatic carbocycles. The van der Waals surface area contributed by atoms with Gasteiger partial charge < -0.3 is 11.1 Å². The molecule has 0 saturated heterocycles. The van der Waals surface area contributed by atoms with Gasteiger partial charge in [-0.25, -0.2) is 0 Å². The van der Waals surface area contributed by atoms with Gasteiger partial charge in [0.2, 0.25) is 5.91 Å². The van der Waals surface area contributed by atoms with Crippen LogP contribution in [0.5, 0.6) is 0 Å². The Kier molecular flexibility index (Phi) is 5.40. The minimum absolute atomic E-state index is 0.321. The Hall–Kier alpha value is -2.33. The van der Waals surface area contributed by atoms with E-state index in [2.05, 4.69) is 5.32 Å². The molecule has 0 heterocycles. The van der Waals surface area contributed by atoms with E-state index in [1.54, 1.807) is 24.3 Å². The largest absolute Gasteiger partial charge is 0.368 e. The Morgan fingerprint density at radius 3 is 2.26 bits per heavy atom. The van der Waals surface area contributed by atoms with Crippen LogP contribution in [0.1, 0.15) is 27.0 Å². The Morgan fingerprint density at radius 1 is 1.09 bits per heavy atom. The molecule has 0 aromatic heterocycles. The number of nitrogens with one attached hydrogen (secondary N) is 1. The van der Waals surface area contributed by atoms with Gasteiger partial charge in [0.1, 0.15) is 6.04 Å². The molecule has 0 unspecified atom stereocenters. The third-order valence-corrected chi connectivity index (χ3v) is 4.15. The molecule has 0 aliphatic carbocycles. The van der Waals surface area contributed by atoms with Crippen LogP contribution < -0.4 is 11.1 Å². The zero-order chi connectivity index (χ0) is 17.0. The van der Waals surface area contributed by atoms with Crippen molar-refractivity contribution in [2.24, 2.45) is 5.73 Å². The third-order valence-electron chi connectivity index (χ3n) is 3.82. The number of carbonyl (C=O) groups is 2. The molecular formula is C18H19ClN2O2. The number of hydrogen-bond donors (Lipinski definition) is 2. The second-order valence-corrected chi connectivity index (χ2v) is 5.89. The van der Waals surface area contributed by atoms with E-state index in [0.717, 1.165) is 16.7 Å². The van der Waals surface area contributed by atoms with Gasteiger partial charge in [-0.05, 0) is 42.7 Å². The third kappa shape index (κ3) is 4.11. The van der Waals surface area contributed by atoms with Crippen molar-refractivity contribution in [3.63, 3.8) is 0 Å². The molecule has 2 aromatic rings. The van der Waals surface area contributed by atoms with Crippen molar-refractivity contribution in [2.45, 2.75) is 26.3 Å². The number of aryl methyl sites for hydroxylation is 2. The maximum atomic E-state index is 12.3. The summed E-state index contributed by atoms with van der Waals surface area (Å²) in [5.74, 6) is -0.987. The number of benzene rings is 2. The predicted molar refractivity (Wildman–Crippen MR) is 91.5 cm³/mol. The van der Waals surface area contributed by atoms with Gasteiger partial charge in [-0.1, -0.05) is 41.9 Å². The number of carbonyl (C=O) groups excluding carboxylic acids is 2. The normalized spacial score (nSPS) is 11.8. The van der Waals surface area contributed by atoms with Crippen LogP contribution in [0.15, 0.2) is 42.5 Å². The molecule has 4 nitrogen and oxygen atoms in total. The number of nitrogens with two attached hydrogens (primary N) is 1. The molecule has 1 atom stereocenters. The molecule has 0 spiro atoms. The first-order valence-electron chi connectivity index (χ1n) is 7.30. The molecule has 0 saturated carbocycles. The van der Waals surface area contributed by atoms with E-state index >= 15 is 0 Å². The zero-order valence-corrected chi connectivity index (χ0v) is 13.9. The summed E-state index contributed by atoms with van der Waals surface area (Å²) in [6.45, 7) is 3.94. The summed E-state index contributed by atoms with van der Waals surface area (Å²) in [5.41, 5.74) is 8.91. The lowest BCUT2D eigenvalue weighted by atomic mass is 9.96. The van der Waals surface area contributed by atoms with Crippen LogP contribution in [0.3, 0.4) is 0 Å². The van der Waals surface area contributed by atoms with Crippen LogP contribution in [0.2, 0.25) is 5.02 Å². The van der Waals surface area contributed by atoms with Crippen molar-refractivity contribution in [2.75, 3.05) is 0 Å². The maximum Gasteiger partial charge on any atom is 0.253 e. The molecule has 0 bridgehead atoms. The van der Waals surface area contributed by atoms with Gasteiger partial charge in [0.15, 0.2) is 0 Å². The Morgan fingerprint density at radius 2 is 1.70 bits per heavy atom. The lowest BCUT2D eigenvalue weighted by molar-refractivity contribution is -0.119. The van der Waals surface area contributed by atoms with Crippen LogP contribution in [0.4, 0.5) is 0 Å². The standard InChI is InChI=1S/C18H19ClN2O2/c1-11-6-5-7-12(2)14(11)10-16(17(20)22)21-18(23)13-8-3-4-9-15(13)19/h3-9,16H,10H2,1-2H3,(H2,20,22)(H,21,23)/t16-/m0/s1. The SMILES string of the molecule is Cc1cccc(C)c1C[C@H](NC(=O)c1ccccc1Cl)C(N)=O. The summed E-state index contributed by atoms with van der Waals surface area (Å²) in [7, 11) is 0. The van der Waals surface area contributed by atoms with Crippen LogP contribution >= 0.6 is 11.6 Å². The van der Waals surface area contributed by atoms with Crippen LogP contribution in [0, 0.1) is 13.8 Å². The highest BCUT2D eigenvalue weighted by atomic mass is 35.5. The number of hydrogen-bond acceptors (Lipinski definition) is 2. The molecule has 0 radical (unpaired) electrons. The second kappa shape index (κ2) is 7.29. The number of halogens is 1. The van der Waals surface area contributed by atoms with E-state index in [-0.39, 0.29) is 0 Å². The molecule has 0 aliphatic rings. The van der Waals surface area contributed by atoms with E-state index in [0.29, 0.717) is 17.0 Å². The highest BCUT2D eigenvalue weighted by molar-refractivity contribution is 6.33. The van der Waals surface area contributed by atoms with Gasteiger partial charge in [-0.15, -0.1) is 0 Å². The van der Waals surface area contributed by atoms with Gasteiger partial charge in [0.05, 0.1) is 10.6 Å². The average Bonchev–Trinajstić information content (AvgIpc) is 2.50. The highest BCUT2D eigenvalue weighted by Gasteiger charge is 2.22. The molecule has 2 rings (SSSR count). The molecule has 23 heavy (non-hydrogen) atoms. The number of amides is 2. The Labute approximate surface area is 140 Å². The van der Waals surface area contributed by atoms with Crippen molar-refractivity contribution >= 4 is 23.4 Å². The van der Waals surface area contributed by atoms with Gasteiger partial charge >= 0.3 is 0 Å². The molecule has 120 valence electrons. The van der Waals surface area contributed by atoms with Crippen molar-refractivity contribution in [3.8, 4) is 0 Å². The molecule has 0 fully saturated rings. The molecule has 3 N–H and O–H groups in total. The smallest absolute Gasteiger partial charge is 0.253 e. The summed E-state index contributed by atoms with van der Waals surface area (Å²) < 4.78 is 0. The lowest BCUT2D eigenvalue weighted by Gasteiger charge is -2.18. The first-order chi connectivity index (χ1) is 10.9. The quantitative estimate of drug-likeness (QED) is 0.884. The topological polar surface area (TPSA) is 72.2 Å². The minimum atomic E-state index is -0.793. The van der Waals surface area contributed by atoms with Crippen molar-refractivity contribution in [1.82, 2.24) is 5.32 Å².